The quantitative estimate of drug-likeness (QED) is 0.724. The molecule has 0 saturated heterocycles. The normalized spacial score (nSPS) is 12.8. The van der Waals surface area contributed by atoms with Crippen LogP contribution in [-0.4, -0.2) is 6.29 Å². The van der Waals surface area contributed by atoms with Crippen molar-refractivity contribution in [2.24, 2.45) is 0 Å². The lowest BCUT2D eigenvalue weighted by Gasteiger charge is -2.20. The minimum atomic E-state index is 0.768. The highest BCUT2D eigenvalue weighted by Gasteiger charge is 2.16. The van der Waals surface area contributed by atoms with E-state index < -0.39 is 0 Å². The van der Waals surface area contributed by atoms with Crippen molar-refractivity contribution in [3.8, 4) is 11.1 Å². The lowest BCUT2D eigenvalue weighted by Crippen LogP contribution is -2.04. The highest BCUT2D eigenvalue weighted by atomic mass is 79.9. The minimum absolute atomic E-state index is 0.768. The largest absolute Gasteiger partial charge is 0.298 e. The highest BCUT2D eigenvalue weighted by molar-refractivity contribution is 9.10. The van der Waals surface area contributed by atoms with Crippen molar-refractivity contribution in [1.82, 2.24) is 0 Å². The highest BCUT2D eigenvalue weighted by Crippen LogP contribution is 2.35. The van der Waals surface area contributed by atoms with Gasteiger partial charge in [-0.05, 0) is 53.3 Å². The summed E-state index contributed by atoms with van der Waals surface area (Å²) < 4.78 is 1.13. The Balaban J connectivity index is 2.20. The molecule has 17 heavy (non-hydrogen) atoms. The molecule has 0 heterocycles. The Morgan fingerprint density at radius 2 is 1.59 bits per heavy atom. The molecule has 0 atom stereocenters. The van der Waals surface area contributed by atoms with Gasteiger partial charge in [0.15, 0.2) is 0 Å². The van der Waals surface area contributed by atoms with Crippen molar-refractivity contribution in [1.29, 1.82) is 0 Å². The first-order valence-electron chi connectivity index (χ1n) is 5.65. The maximum absolute atomic E-state index is 10.8. The standard InChI is InChI=1S/C15H11BrO/c16-13-4-6-15-12(8-13)3-2-11-7-10(9-17)1-5-14(11)15/h1,4-9H,2-3H2. The van der Waals surface area contributed by atoms with Crippen molar-refractivity contribution in [2.75, 3.05) is 0 Å². The zero-order valence-corrected chi connectivity index (χ0v) is 10.8. The molecule has 0 radical (unpaired) electrons. The van der Waals surface area contributed by atoms with E-state index >= 15 is 0 Å². The van der Waals surface area contributed by atoms with Gasteiger partial charge in [-0.15, -0.1) is 0 Å². The Morgan fingerprint density at radius 3 is 2.29 bits per heavy atom. The molecule has 0 N–H and O–H groups in total. The molecule has 2 aromatic carbocycles. The summed E-state index contributed by atoms with van der Waals surface area (Å²) in [7, 11) is 0. The summed E-state index contributed by atoms with van der Waals surface area (Å²) in [5.41, 5.74) is 6.00. The van der Waals surface area contributed by atoms with Crippen LogP contribution in [0.1, 0.15) is 21.5 Å². The number of fused-ring (bicyclic) bond motifs is 3. The van der Waals surface area contributed by atoms with Crippen molar-refractivity contribution >= 4 is 22.2 Å². The van der Waals surface area contributed by atoms with Gasteiger partial charge in [-0.2, -0.15) is 0 Å². The molecule has 2 aromatic rings. The molecular formula is C15H11BrO. The maximum Gasteiger partial charge on any atom is 0.150 e. The molecule has 84 valence electrons. The van der Waals surface area contributed by atoms with E-state index in [1.165, 1.54) is 22.3 Å². The van der Waals surface area contributed by atoms with Crippen LogP contribution in [0, 0.1) is 0 Å². The van der Waals surface area contributed by atoms with Crippen molar-refractivity contribution in [2.45, 2.75) is 12.8 Å². The number of carbonyl (C=O) groups is 1. The van der Waals surface area contributed by atoms with Crippen LogP contribution >= 0.6 is 15.9 Å². The third-order valence-electron chi connectivity index (χ3n) is 3.29. The van der Waals surface area contributed by atoms with Gasteiger partial charge in [-0.3, -0.25) is 4.79 Å². The Bertz CT molecular complexity index is 602. The molecule has 0 amide bonds. The van der Waals surface area contributed by atoms with E-state index in [0.29, 0.717) is 0 Å². The van der Waals surface area contributed by atoms with Crippen molar-refractivity contribution < 1.29 is 4.79 Å². The molecule has 0 saturated carbocycles. The van der Waals surface area contributed by atoms with Gasteiger partial charge in [0.1, 0.15) is 6.29 Å². The second-order valence-electron chi connectivity index (χ2n) is 4.34. The first-order valence-corrected chi connectivity index (χ1v) is 6.44. The summed E-state index contributed by atoms with van der Waals surface area (Å²) in [5, 5.41) is 0. The number of aryl methyl sites for hydroxylation is 2. The minimum Gasteiger partial charge on any atom is -0.298 e. The molecule has 2 heteroatoms. The van der Waals surface area contributed by atoms with Crippen LogP contribution in [-0.2, 0) is 12.8 Å². The topological polar surface area (TPSA) is 17.1 Å². The molecule has 0 unspecified atom stereocenters. The molecule has 3 rings (SSSR count). The Kier molecular flexibility index (Phi) is 2.60. The summed E-state index contributed by atoms with van der Waals surface area (Å²) in [6.07, 6.45) is 2.97. The summed E-state index contributed by atoms with van der Waals surface area (Å²) in [4.78, 5) is 10.8. The van der Waals surface area contributed by atoms with E-state index in [1.54, 1.807) is 0 Å². The van der Waals surface area contributed by atoms with Crippen molar-refractivity contribution in [3.63, 3.8) is 0 Å². The van der Waals surface area contributed by atoms with E-state index in [2.05, 4.69) is 40.2 Å². The number of hydrogen-bond acceptors (Lipinski definition) is 1. The Hall–Kier alpha value is -1.41. The van der Waals surface area contributed by atoms with Crippen LogP contribution in [0.5, 0.6) is 0 Å². The smallest absolute Gasteiger partial charge is 0.150 e. The number of hydrogen-bond donors (Lipinski definition) is 0. The predicted octanol–water partition coefficient (Wildman–Crippen LogP) is 4.03. The second kappa shape index (κ2) is 4.11. The Morgan fingerprint density at radius 1 is 0.941 bits per heavy atom. The first kappa shape index (κ1) is 10.7. The van der Waals surface area contributed by atoms with Gasteiger partial charge in [0.25, 0.3) is 0 Å². The summed E-state index contributed by atoms with van der Waals surface area (Å²) >= 11 is 3.51. The number of carbonyl (C=O) groups excluding carboxylic acids is 1. The molecule has 0 fully saturated rings. The van der Waals surface area contributed by atoms with E-state index in [-0.39, 0.29) is 0 Å². The average Bonchev–Trinajstić information content (AvgIpc) is 2.37. The van der Waals surface area contributed by atoms with Gasteiger partial charge in [0.2, 0.25) is 0 Å². The fraction of sp³-hybridized carbons (Fsp3) is 0.133. The van der Waals surface area contributed by atoms with Crippen LogP contribution in [0.25, 0.3) is 11.1 Å². The third-order valence-corrected chi connectivity index (χ3v) is 3.78. The fourth-order valence-corrected chi connectivity index (χ4v) is 2.87. The van der Waals surface area contributed by atoms with Gasteiger partial charge in [-0.1, -0.05) is 34.1 Å². The second-order valence-corrected chi connectivity index (χ2v) is 5.25. The number of halogens is 1. The van der Waals surface area contributed by atoms with Crippen LogP contribution in [0.3, 0.4) is 0 Å². The summed E-state index contributed by atoms with van der Waals surface area (Å²) in [6, 6.07) is 12.4. The molecule has 0 bridgehead atoms. The monoisotopic (exact) mass is 286 g/mol. The molecule has 0 aliphatic heterocycles. The zero-order valence-electron chi connectivity index (χ0n) is 9.24. The lowest BCUT2D eigenvalue weighted by molar-refractivity contribution is 0.112. The van der Waals surface area contributed by atoms with E-state index in [9.17, 15) is 4.79 Å². The van der Waals surface area contributed by atoms with Crippen LogP contribution in [0.15, 0.2) is 40.9 Å². The van der Waals surface area contributed by atoms with Crippen molar-refractivity contribution in [3.05, 3.63) is 57.6 Å². The van der Waals surface area contributed by atoms with Gasteiger partial charge in [-0.25, -0.2) is 0 Å². The molecule has 1 aliphatic carbocycles. The van der Waals surface area contributed by atoms with Gasteiger partial charge >= 0.3 is 0 Å². The van der Waals surface area contributed by atoms with Crippen LogP contribution < -0.4 is 0 Å². The SMILES string of the molecule is O=Cc1ccc2c(c1)CCc1cc(Br)ccc1-2. The van der Waals surface area contributed by atoms with E-state index in [0.717, 1.165) is 29.2 Å². The van der Waals surface area contributed by atoms with Crippen LogP contribution in [0.2, 0.25) is 0 Å². The number of rotatable bonds is 1. The predicted molar refractivity (Wildman–Crippen MR) is 72.4 cm³/mol. The molecule has 0 aromatic heterocycles. The average molecular weight is 287 g/mol. The Labute approximate surface area is 109 Å². The molecular weight excluding hydrogens is 276 g/mol. The van der Waals surface area contributed by atoms with Gasteiger partial charge in [0, 0.05) is 10.0 Å². The maximum atomic E-state index is 10.8. The van der Waals surface area contributed by atoms with Gasteiger partial charge in [0.05, 0.1) is 0 Å². The summed E-state index contributed by atoms with van der Waals surface area (Å²) in [5.74, 6) is 0. The molecule has 0 spiro atoms. The van der Waals surface area contributed by atoms with E-state index in [1.807, 2.05) is 12.1 Å². The van der Waals surface area contributed by atoms with E-state index in [4.69, 9.17) is 0 Å². The molecule has 1 aliphatic rings. The lowest BCUT2D eigenvalue weighted by atomic mass is 9.85. The zero-order chi connectivity index (χ0) is 11.8. The van der Waals surface area contributed by atoms with Gasteiger partial charge < -0.3 is 0 Å². The first-order chi connectivity index (χ1) is 8.28. The third kappa shape index (κ3) is 1.83. The number of benzene rings is 2. The summed E-state index contributed by atoms with van der Waals surface area (Å²) in [6.45, 7) is 0. The number of aldehydes is 1. The molecule has 1 nitrogen and oxygen atoms in total. The fourth-order valence-electron chi connectivity index (χ4n) is 2.46. The van der Waals surface area contributed by atoms with Crippen LogP contribution in [0.4, 0.5) is 0 Å².